The third-order valence-electron chi connectivity index (χ3n) is 10.6. The zero-order chi connectivity index (χ0) is 31.9. The molecule has 0 spiro atoms. The number of hydrogen-bond donors (Lipinski definition) is 3. The zero-order valence-electron chi connectivity index (χ0n) is 26.6. The number of anilines is 1. The number of carbonyl (C=O) groups is 3. The zero-order valence-corrected chi connectivity index (χ0v) is 26.6. The number of benzene rings is 2. The van der Waals surface area contributed by atoms with E-state index in [0.29, 0.717) is 29.6 Å². The highest BCUT2D eigenvalue weighted by atomic mass is 19.1. The van der Waals surface area contributed by atoms with Crippen LogP contribution in [0, 0.1) is 11.2 Å². The van der Waals surface area contributed by atoms with Crippen LogP contribution in [0.1, 0.15) is 79.6 Å². The molecule has 0 atom stereocenters. The van der Waals surface area contributed by atoms with Crippen LogP contribution in [0.2, 0.25) is 0 Å². The molecule has 2 aromatic carbocycles. The van der Waals surface area contributed by atoms with Gasteiger partial charge in [0.1, 0.15) is 5.82 Å². The van der Waals surface area contributed by atoms with Gasteiger partial charge in [-0.3, -0.25) is 14.2 Å². The van der Waals surface area contributed by atoms with Crippen LogP contribution in [0.25, 0.3) is 22.0 Å². The fraction of sp³-hybridized carbons (Fsp3) is 0.514. The van der Waals surface area contributed by atoms with Gasteiger partial charge in [-0.25, -0.2) is 9.18 Å². The minimum Gasteiger partial charge on any atom is -0.382 e. The minimum atomic E-state index is -0.519. The number of primary amides is 1. The van der Waals surface area contributed by atoms with Gasteiger partial charge in [-0.05, 0) is 93.3 Å². The van der Waals surface area contributed by atoms with Crippen molar-refractivity contribution >= 4 is 34.4 Å². The molecule has 9 nitrogen and oxygen atoms in total. The summed E-state index contributed by atoms with van der Waals surface area (Å²) in [5, 5.41) is 7.64. The number of nitrogens with two attached hydrogens (primary N) is 1. The van der Waals surface area contributed by atoms with Crippen LogP contribution in [0.4, 0.5) is 14.9 Å². The quantitative estimate of drug-likeness (QED) is 0.319. The first-order valence-electron chi connectivity index (χ1n) is 16.4. The molecule has 1 aromatic heterocycles. The summed E-state index contributed by atoms with van der Waals surface area (Å²) in [7, 11) is 2.07. The molecule has 6 rings (SSSR count). The first kappa shape index (κ1) is 31.1. The Morgan fingerprint density at radius 3 is 2.31 bits per heavy atom. The number of rotatable bonds is 7. The van der Waals surface area contributed by atoms with Gasteiger partial charge in [0.15, 0.2) is 0 Å². The van der Waals surface area contributed by atoms with E-state index in [1.165, 1.54) is 12.1 Å². The molecule has 10 heteroatoms. The van der Waals surface area contributed by atoms with Crippen LogP contribution < -0.4 is 16.4 Å². The van der Waals surface area contributed by atoms with Gasteiger partial charge in [-0.15, -0.1) is 0 Å². The van der Waals surface area contributed by atoms with Gasteiger partial charge in [0.2, 0.25) is 5.91 Å². The van der Waals surface area contributed by atoms with Gasteiger partial charge in [0, 0.05) is 67.0 Å². The van der Waals surface area contributed by atoms with E-state index in [2.05, 4.69) is 36.4 Å². The molecule has 3 aliphatic rings. The number of fused-ring (bicyclic) bond motifs is 3. The number of carbonyl (C=O) groups excluding carboxylic acids is 3. The second-order valence-electron chi connectivity index (χ2n) is 13.3. The van der Waals surface area contributed by atoms with Crippen LogP contribution >= 0.6 is 0 Å². The summed E-state index contributed by atoms with van der Waals surface area (Å²) in [4.78, 5) is 43.1. The number of nitrogens with one attached hydrogen (secondary N) is 2. The van der Waals surface area contributed by atoms with Crippen molar-refractivity contribution in [1.29, 1.82) is 0 Å². The molecule has 0 bridgehead atoms. The Bertz CT molecular complexity index is 1610. The van der Waals surface area contributed by atoms with Crippen LogP contribution in [0.3, 0.4) is 0 Å². The van der Waals surface area contributed by atoms with Crippen molar-refractivity contribution < 1.29 is 18.8 Å². The summed E-state index contributed by atoms with van der Waals surface area (Å²) in [5.74, 6) is -0.911. The number of amides is 3. The standard InChI is InChI=1S/C35H45FN6O3/c1-4-35(5-2)20-30-32(27-13-7-23(36)19-29(27)42(30)31(43)21-35)22-6-12-26(33(37)44)28(18-22)38-24-8-10-25(11-9-24)39-34(45)41-16-14-40(3)15-17-41/h6-7,12-13,18-19,24-25,38H,4-5,8-11,14-17,20-21H2,1-3H3,(H2,37,44)(H,39,45)/t24-,25-. The summed E-state index contributed by atoms with van der Waals surface area (Å²) in [6, 6.07) is 10.5. The van der Waals surface area contributed by atoms with E-state index >= 15 is 0 Å². The molecular weight excluding hydrogens is 571 g/mol. The lowest BCUT2D eigenvalue weighted by Gasteiger charge is -2.36. The van der Waals surface area contributed by atoms with E-state index in [4.69, 9.17) is 5.73 Å². The summed E-state index contributed by atoms with van der Waals surface area (Å²) in [5.41, 5.74) is 9.97. The van der Waals surface area contributed by atoms with Crippen LogP contribution in [0.5, 0.6) is 0 Å². The maximum Gasteiger partial charge on any atom is 0.317 e. The fourth-order valence-corrected chi connectivity index (χ4v) is 7.57. The van der Waals surface area contributed by atoms with Crippen LogP contribution in [-0.2, 0) is 6.42 Å². The summed E-state index contributed by atoms with van der Waals surface area (Å²) >= 11 is 0. The second-order valence-corrected chi connectivity index (χ2v) is 13.3. The molecular formula is C35H45FN6O3. The number of halogens is 1. The molecule has 1 saturated heterocycles. The molecule has 45 heavy (non-hydrogen) atoms. The SMILES string of the molecule is CCC1(CC)CC(=O)n2c(c(-c3ccc(C(N)=O)c(N[C@H]4CC[C@H](NC(=O)N5CCN(C)CC5)CC4)c3)c3ccc(F)cc32)C1. The highest BCUT2D eigenvalue weighted by Crippen LogP contribution is 2.46. The highest BCUT2D eigenvalue weighted by molar-refractivity contribution is 6.06. The maximum atomic E-state index is 14.5. The number of piperazine rings is 1. The third kappa shape index (κ3) is 6.04. The predicted octanol–water partition coefficient (Wildman–Crippen LogP) is 5.62. The lowest BCUT2D eigenvalue weighted by Crippen LogP contribution is -2.53. The van der Waals surface area contributed by atoms with Crippen molar-refractivity contribution in [3.05, 3.63) is 53.5 Å². The summed E-state index contributed by atoms with van der Waals surface area (Å²) in [6.45, 7) is 7.52. The van der Waals surface area contributed by atoms with Crippen LogP contribution in [-0.4, -0.2) is 77.5 Å². The lowest BCUT2D eigenvalue weighted by atomic mass is 9.72. The van der Waals surface area contributed by atoms with E-state index in [1.54, 1.807) is 16.7 Å². The molecule has 0 unspecified atom stereocenters. The van der Waals surface area contributed by atoms with Gasteiger partial charge < -0.3 is 26.2 Å². The molecule has 0 radical (unpaired) electrons. The van der Waals surface area contributed by atoms with Crippen LogP contribution in [0.15, 0.2) is 36.4 Å². The topological polar surface area (TPSA) is 113 Å². The summed E-state index contributed by atoms with van der Waals surface area (Å²) in [6.07, 6.45) is 6.23. The smallest absolute Gasteiger partial charge is 0.317 e. The second kappa shape index (κ2) is 12.5. The fourth-order valence-electron chi connectivity index (χ4n) is 7.57. The largest absolute Gasteiger partial charge is 0.382 e. The van der Waals surface area contributed by atoms with E-state index in [9.17, 15) is 18.8 Å². The lowest BCUT2D eigenvalue weighted by molar-refractivity contribution is 0.0769. The Labute approximate surface area is 264 Å². The molecule has 2 aliphatic heterocycles. The Morgan fingerprint density at radius 2 is 1.64 bits per heavy atom. The minimum absolute atomic E-state index is 0.00891. The normalized spacial score (nSPS) is 21.9. The van der Waals surface area contributed by atoms with E-state index < -0.39 is 5.91 Å². The summed E-state index contributed by atoms with van der Waals surface area (Å²) < 4.78 is 16.2. The average molecular weight is 617 g/mol. The number of urea groups is 1. The van der Waals surface area contributed by atoms with Crippen molar-refractivity contribution in [2.24, 2.45) is 11.1 Å². The van der Waals surface area contributed by atoms with Gasteiger partial charge >= 0.3 is 6.03 Å². The molecule has 3 amide bonds. The molecule has 1 saturated carbocycles. The van der Waals surface area contributed by atoms with Crippen molar-refractivity contribution in [1.82, 2.24) is 19.7 Å². The number of likely N-dealkylation sites (N-methyl/N-ethyl adjacent to an activating group) is 1. The van der Waals surface area contributed by atoms with Crippen molar-refractivity contribution in [2.75, 3.05) is 38.5 Å². The van der Waals surface area contributed by atoms with Gasteiger partial charge in [-0.2, -0.15) is 0 Å². The van der Waals surface area contributed by atoms with E-state index in [-0.39, 0.29) is 35.3 Å². The maximum absolute atomic E-state index is 14.5. The molecule has 4 N–H and O–H groups in total. The van der Waals surface area contributed by atoms with Gasteiger partial charge in [0.25, 0.3) is 5.91 Å². The predicted molar refractivity (Wildman–Crippen MR) is 175 cm³/mol. The molecule has 3 aromatic rings. The van der Waals surface area contributed by atoms with Gasteiger partial charge in [0.05, 0.1) is 11.1 Å². The Morgan fingerprint density at radius 1 is 0.956 bits per heavy atom. The molecule has 2 fully saturated rings. The Balaban J connectivity index is 1.26. The van der Waals surface area contributed by atoms with Crippen molar-refractivity contribution in [2.45, 2.75) is 77.3 Å². The first-order chi connectivity index (χ1) is 21.6. The third-order valence-corrected chi connectivity index (χ3v) is 10.6. The first-order valence-corrected chi connectivity index (χ1v) is 16.4. The molecule has 1 aliphatic carbocycles. The van der Waals surface area contributed by atoms with Gasteiger partial charge in [-0.1, -0.05) is 19.9 Å². The van der Waals surface area contributed by atoms with Crippen molar-refractivity contribution in [3.8, 4) is 11.1 Å². The Hall–Kier alpha value is -3.92. The number of nitrogens with zero attached hydrogens (tertiary/aromatic N) is 3. The number of hydrogen-bond acceptors (Lipinski definition) is 5. The Kier molecular flexibility index (Phi) is 8.61. The number of aromatic nitrogens is 1. The van der Waals surface area contributed by atoms with Crippen molar-refractivity contribution in [3.63, 3.8) is 0 Å². The van der Waals surface area contributed by atoms with E-state index in [1.807, 2.05) is 17.0 Å². The highest BCUT2D eigenvalue weighted by Gasteiger charge is 2.39. The molecule has 3 heterocycles. The molecule has 240 valence electrons. The van der Waals surface area contributed by atoms with E-state index in [0.717, 1.165) is 86.9 Å². The monoisotopic (exact) mass is 616 g/mol. The average Bonchev–Trinajstić information content (AvgIpc) is 3.35.